The van der Waals surface area contributed by atoms with Gasteiger partial charge in [0.25, 0.3) is 0 Å². The molecule has 0 aliphatic heterocycles. The van der Waals surface area contributed by atoms with Gasteiger partial charge in [0.05, 0.1) is 0 Å². The minimum absolute atomic E-state index is 0.881. The Bertz CT molecular complexity index is 903. The van der Waals surface area contributed by atoms with Crippen molar-refractivity contribution in [2.24, 2.45) is 4.99 Å². The molecule has 1 N–H and O–H groups in total. The second-order valence-electron chi connectivity index (χ2n) is 8.89. The van der Waals surface area contributed by atoms with Crippen LogP contribution >= 0.6 is 0 Å². The molecule has 0 unspecified atom stereocenters. The first-order chi connectivity index (χ1) is 16.0. The molecular formula is C27H44N6. The zero-order valence-electron chi connectivity index (χ0n) is 21.6. The Morgan fingerprint density at radius 3 is 2.61 bits per heavy atom. The summed E-state index contributed by atoms with van der Waals surface area (Å²) in [5.41, 5.74) is 4.97. The van der Waals surface area contributed by atoms with Crippen LogP contribution < -0.4 is 15.7 Å². The first-order valence-corrected chi connectivity index (χ1v) is 12.3. The lowest BCUT2D eigenvalue weighted by molar-refractivity contribution is 0.416. The van der Waals surface area contributed by atoms with Crippen molar-refractivity contribution in [1.29, 1.82) is 0 Å². The highest BCUT2D eigenvalue weighted by atomic mass is 15.2. The van der Waals surface area contributed by atoms with Crippen molar-refractivity contribution in [3.05, 3.63) is 59.3 Å². The van der Waals surface area contributed by atoms with E-state index in [2.05, 4.69) is 95.0 Å². The van der Waals surface area contributed by atoms with Gasteiger partial charge in [0.2, 0.25) is 0 Å². The number of aryl methyl sites for hydroxylation is 2. The predicted octanol–water partition coefficient (Wildman–Crippen LogP) is 3.84. The van der Waals surface area contributed by atoms with E-state index in [1.807, 2.05) is 19.3 Å². The smallest absolute Gasteiger partial charge is 0.133 e. The molecule has 0 spiro atoms. The number of hydrogen-bond acceptors (Lipinski definition) is 5. The Morgan fingerprint density at radius 2 is 1.91 bits per heavy atom. The van der Waals surface area contributed by atoms with Crippen LogP contribution in [0.5, 0.6) is 0 Å². The molecular weight excluding hydrogens is 408 g/mol. The van der Waals surface area contributed by atoms with Gasteiger partial charge in [-0.15, -0.1) is 0 Å². The van der Waals surface area contributed by atoms with Gasteiger partial charge in [-0.2, -0.15) is 0 Å². The van der Waals surface area contributed by atoms with E-state index in [-0.39, 0.29) is 0 Å². The van der Waals surface area contributed by atoms with Crippen molar-refractivity contribution in [1.82, 2.24) is 19.8 Å². The molecule has 0 radical (unpaired) electrons. The van der Waals surface area contributed by atoms with Crippen LogP contribution in [0.1, 0.15) is 44.4 Å². The van der Waals surface area contributed by atoms with Gasteiger partial charge in [-0.1, -0.05) is 25.1 Å². The molecule has 0 bridgehead atoms. The van der Waals surface area contributed by atoms with E-state index in [9.17, 15) is 0 Å². The molecule has 1 aliphatic carbocycles. The lowest BCUT2D eigenvalue weighted by atomic mass is 9.96. The number of fused-ring (bicyclic) bond motifs is 1. The predicted molar refractivity (Wildman–Crippen MR) is 142 cm³/mol. The van der Waals surface area contributed by atoms with Gasteiger partial charge in [-0.05, 0) is 83.4 Å². The molecule has 0 atom stereocenters. The van der Waals surface area contributed by atoms with Gasteiger partial charge >= 0.3 is 0 Å². The summed E-state index contributed by atoms with van der Waals surface area (Å²) in [5, 5.41) is 3.42. The van der Waals surface area contributed by atoms with E-state index < -0.39 is 0 Å². The Labute approximate surface area is 201 Å². The largest absolute Gasteiger partial charge is 0.359 e. The summed E-state index contributed by atoms with van der Waals surface area (Å²) < 4.78 is 2.23. The van der Waals surface area contributed by atoms with Crippen molar-refractivity contribution >= 4 is 11.5 Å². The number of nitrogens with zero attached hydrogens (tertiary/aromatic N) is 5. The van der Waals surface area contributed by atoms with Crippen LogP contribution in [0, 0.1) is 0 Å². The van der Waals surface area contributed by atoms with Gasteiger partial charge in [0.15, 0.2) is 0 Å². The molecule has 33 heavy (non-hydrogen) atoms. The first-order valence-electron chi connectivity index (χ1n) is 12.3. The number of aromatic nitrogens is 2. The molecule has 2 heterocycles. The molecule has 1 aliphatic rings. The van der Waals surface area contributed by atoms with Crippen LogP contribution in [-0.4, -0.2) is 68.8 Å². The van der Waals surface area contributed by atoms with Gasteiger partial charge in [-0.25, -0.2) is 0 Å². The van der Waals surface area contributed by atoms with Crippen LogP contribution in [0.3, 0.4) is 0 Å². The van der Waals surface area contributed by atoms with Crippen molar-refractivity contribution < 1.29 is 0 Å². The van der Waals surface area contributed by atoms with Gasteiger partial charge in [0.1, 0.15) is 11.3 Å². The Morgan fingerprint density at radius 1 is 1.12 bits per heavy atom. The SMILES string of the molecule is CCCNC/C=C(\C)n1c(N(C)CCN(C)C)cccc1=NC.c1cnc2c(c1)CCCC2. The quantitative estimate of drug-likeness (QED) is 0.588. The molecule has 0 amide bonds. The normalized spacial score (nSPS) is 14.0. The first kappa shape index (κ1) is 26.8. The van der Waals surface area contributed by atoms with Crippen molar-refractivity contribution in [2.75, 3.05) is 59.3 Å². The maximum absolute atomic E-state index is 4.44. The maximum atomic E-state index is 4.44. The zero-order valence-corrected chi connectivity index (χ0v) is 21.6. The molecule has 0 saturated carbocycles. The third-order valence-corrected chi connectivity index (χ3v) is 5.87. The second-order valence-corrected chi connectivity index (χ2v) is 8.89. The van der Waals surface area contributed by atoms with Crippen LogP contribution in [0.15, 0.2) is 47.6 Å². The summed E-state index contributed by atoms with van der Waals surface area (Å²) >= 11 is 0. The van der Waals surface area contributed by atoms with E-state index in [0.717, 1.165) is 38.1 Å². The van der Waals surface area contributed by atoms with E-state index in [1.165, 1.54) is 48.5 Å². The molecule has 3 rings (SSSR count). The number of pyridine rings is 2. The molecule has 182 valence electrons. The Hall–Kier alpha value is -2.44. The molecule has 2 aromatic heterocycles. The van der Waals surface area contributed by atoms with Gasteiger partial charge < -0.3 is 15.1 Å². The Kier molecular flexibility index (Phi) is 11.9. The average molecular weight is 453 g/mol. The maximum Gasteiger partial charge on any atom is 0.133 e. The fourth-order valence-corrected chi connectivity index (χ4v) is 3.91. The van der Waals surface area contributed by atoms with Gasteiger partial charge in [-0.3, -0.25) is 14.5 Å². The molecule has 6 nitrogen and oxygen atoms in total. The number of likely N-dealkylation sites (N-methyl/N-ethyl adjacent to an activating group) is 2. The third kappa shape index (κ3) is 8.78. The fraction of sp³-hybridized carbons (Fsp3) is 0.556. The van der Waals surface area contributed by atoms with Crippen LogP contribution in [-0.2, 0) is 12.8 Å². The monoisotopic (exact) mass is 452 g/mol. The summed E-state index contributed by atoms with van der Waals surface area (Å²) in [6.07, 6.45) is 10.4. The van der Waals surface area contributed by atoms with Crippen molar-refractivity contribution in [2.45, 2.75) is 46.0 Å². The lowest BCUT2D eigenvalue weighted by Gasteiger charge is -2.26. The summed E-state index contributed by atoms with van der Waals surface area (Å²) in [6, 6.07) is 10.5. The Balaban J connectivity index is 0.000000315. The number of nitrogens with one attached hydrogen (secondary N) is 1. The van der Waals surface area contributed by atoms with Crippen molar-refractivity contribution in [3.8, 4) is 0 Å². The van der Waals surface area contributed by atoms with Crippen LogP contribution in [0.4, 0.5) is 5.82 Å². The van der Waals surface area contributed by atoms with Crippen molar-refractivity contribution in [3.63, 3.8) is 0 Å². The number of hydrogen-bond donors (Lipinski definition) is 1. The standard InChI is InChI=1S/C18H33N5.C9H11N/c1-7-12-20-13-11-16(2)23-17(19-3)9-8-10-18(23)22(6)15-14-21(4)5;1-2-6-9-8(4-1)5-3-7-10-9/h8-11,20H,7,12-15H2,1-6H3;3,5,7H,1-2,4,6H2/b16-11+,19-17?;. The highest BCUT2D eigenvalue weighted by Gasteiger charge is 2.09. The fourth-order valence-electron chi connectivity index (χ4n) is 3.91. The molecule has 6 heteroatoms. The third-order valence-electron chi connectivity index (χ3n) is 5.87. The highest BCUT2D eigenvalue weighted by Crippen LogP contribution is 2.17. The number of anilines is 1. The second kappa shape index (κ2) is 14.7. The van der Waals surface area contributed by atoms with Crippen LogP contribution in [0.2, 0.25) is 0 Å². The number of allylic oxidation sites excluding steroid dienone is 1. The highest BCUT2D eigenvalue weighted by molar-refractivity contribution is 5.54. The van der Waals surface area contributed by atoms with E-state index in [0.29, 0.717) is 0 Å². The molecule has 0 aromatic carbocycles. The topological polar surface area (TPSA) is 48.7 Å². The molecule has 0 fully saturated rings. The summed E-state index contributed by atoms with van der Waals surface area (Å²) in [7, 11) is 8.18. The van der Waals surface area contributed by atoms with Gasteiger partial charge in [0, 0.05) is 51.3 Å². The zero-order chi connectivity index (χ0) is 24.1. The minimum Gasteiger partial charge on any atom is -0.359 e. The average Bonchev–Trinajstić information content (AvgIpc) is 2.85. The van der Waals surface area contributed by atoms with E-state index >= 15 is 0 Å². The van der Waals surface area contributed by atoms with E-state index in [4.69, 9.17) is 0 Å². The molecule has 0 saturated heterocycles. The lowest BCUT2D eigenvalue weighted by Crippen LogP contribution is -2.33. The number of rotatable bonds is 9. The van der Waals surface area contributed by atoms with E-state index in [1.54, 1.807) is 0 Å². The summed E-state index contributed by atoms with van der Waals surface area (Å²) in [4.78, 5) is 13.2. The molecule has 2 aromatic rings. The summed E-state index contributed by atoms with van der Waals surface area (Å²) in [6.45, 7) is 8.24. The van der Waals surface area contributed by atoms with Crippen LogP contribution in [0.25, 0.3) is 5.70 Å². The summed E-state index contributed by atoms with van der Waals surface area (Å²) in [5.74, 6) is 1.17. The minimum atomic E-state index is 0.881.